The highest BCUT2D eigenvalue weighted by molar-refractivity contribution is 6.30. The average molecular weight is 358 g/mol. The molecule has 0 saturated carbocycles. The van der Waals surface area contributed by atoms with Crippen molar-refractivity contribution in [3.05, 3.63) is 64.7 Å². The van der Waals surface area contributed by atoms with Crippen LogP contribution in [0, 0.1) is 0 Å². The maximum absolute atomic E-state index is 11.9. The molecule has 2 aromatic rings. The van der Waals surface area contributed by atoms with Gasteiger partial charge in [-0.3, -0.25) is 9.59 Å². The van der Waals surface area contributed by atoms with E-state index in [4.69, 9.17) is 11.6 Å². The van der Waals surface area contributed by atoms with Gasteiger partial charge in [-0.25, -0.2) is 5.43 Å². The van der Waals surface area contributed by atoms with Gasteiger partial charge in [0.2, 0.25) is 11.8 Å². The van der Waals surface area contributed by atoms with Crippen molar-refractivity contribution in [1.82, 2.24) is 5.43 Å². The van der Waals surface area contributed by atoms with Crippen LogP contribution >= 0.6 is 11.6 Å². The summed E-state index contributed by atoms with van der Waals surface area (Å²) in [4.78, 5) is 23.6. The van der Waals surface area contributed by atoms with Crippen LogP contribution in [0.15, 0.2) is 53.6 Å². The molecule has 0 aromatic heterocycles. The topological polar surface area (TPSA) is 70.6 Å². The minimum Gasteiger partial charge on any atom is -0.326 e. The molecule has 2 aromatic carbocycles. The standard InChI is InChI=1S/C19H20ClN3O2/c1-2-14-5-9-17(10-6-14)22-18(24)11-12-19(25)23-21-13-15-3-7-16(20)8-4-15/h3-10,13H,2,11-12H2,1H3,(H,22,24)(H,23,25). The molecule has 25 heavy (non-hydrogen) atoms. The van der Waals surface area contributed by atoms with Gasteiger partial charge < -0.3 is 5.32 Å². The summed E-state index contributed by atoms with van der Waals surface area (Å²) in [7, 11) is 0. The van der Waals surface area contributed by atoms with Gasteiger partial charge in [0.15, 0.2) is 0 Å². The van der Waals surface area contributed by atoms with Crippen LogP contribution in [0.25, 0.3) is 0 Å². The van der Waals surface area contributed by atoms with Gasteiger partial charge >= 0.3 is 0 Å². The number of aryl methyl sites for hydroxylation is 1. The second kappa shape index (κ2) is 9.59. The molecule has 0 unspecified atom stereocenters. The second-order valence-electron chi connectivity index (χ2n) is 5.44. The van der Waals surface area contributed by atoms with Gasteiger partial charge in [0.25, 0.3) is 0 Å². The molecule has 2 rings (SSSR count). The van der Waals surface area contributed by atoms with E-state index in [0.29, 0.717) is 5.02 Å². The van der Waals surface area contributed by atoms with Gasteiger partial charge in [-0.05, 0) is 41.8 Å². The second-order valence-corrected chi connectivity index (χ2v) is 5.88. The highest BCUT2D eigenvalue weighted by Crippen LogP contribution is 2.10. The van der Waals surface area contributed by atoms with Crippen molar-refractivity contribution in [3.8, 4) is 0 Å². The van der Waals surface area contributed by atoms with Crippen molar-refractivity contribution in [1.29, 1.82) is 0 Å². The number of nitrogens with one attached hydrogen (secondary N) is 2. The van der Waals surface area contributed by atoms with Crippen LogP contribution in [0.2, 0.25) is 5.02 Å². The maximum Gasteiger partial charge on any atom is 0.240 e. The Morgan fingerprint density at radius 1 is 1.00 bits per heavy atom. The summed E-state index contributed by atoms with van der Waals surface area (Å²) in [5, 5.41) is 7.25. The highest BCUT2D eigenvalue weighted by atomic mass is 35.5. The molecule has 2 amide bonds. The van der Waals surface area contributed by atoms with Gasteiger partial charge in [-0.1, -0.05) is 42.8 Å². The molecular weight excluding hydrogens is 338 g/mol. The van der Waals surface area contributed by atoms with Crippen LogP contribution in [0.1, 0.15) is 30.9 Å². The minimum absolute atomic E-state index is 0.0663. The van der Waals surface area contributed by atoms with Crippen molar-refractivity contribution < 1.29 is 9.59 Å². The van der Waals surface area contributed by atoms with Crippen LogP contribution in [-0.4, -0.2) is 18.0 Å². The van der Waals surface area contributed by atoms with Crippen molar-refractivity contribution in [2.75, 3.05) is 5.32 Å². The van der Waals surface area contributed by atoms with E-state index in [0.717, 1.165) is 17.7 Å². The number of amides is 2. The predicted molar refractivity (Wildman–Crippen MR) is 101 cm³/mol. The molecule has 0 fully saturated rings. The van der Waals surface area contributed by atoms with Crippen molar-refractivity contribution in [3.63, 3.8) is 0 Å². The highest BCUT2D eigenvalue weighted by Gasteiger charge is 2.06. The lowest BCUT2D eigenvalue weighted by molar-refractivity contribution is -0.124. The summed E-state index contributed by atoms with van der Waals surface area (Å²) in [6, 6.07) is 14.7. The molecule has 5 nitrogen and oxygen atoms in total. The Balaban J connectivity index is 1.71. The number of anilines is 1. The molecule has 0 bridgehead atoms. The molecule has 0 aliphatic heterocycles. The van der Waals surface area contributed by atoms with Gasteiger partial charge in [-0.2, -0.15) is 5.10 Å². The Labute approximate surface area is 152 Å². The third-order valence-corrected chi connectivity index (χ3v) is 3.75. The monoisotopic (exact) mass is 357 g/mol. The Kier molecular flexibility index (Phi) is 7.16. The lowest BCUT2D eigenvalue weighted by Gasteiger charge is -2.05. The first-order valence-corrected chi connectivity index (χ1v) is 8.41. The summed E-state index contributed by atoms with van der Waals surface area (Å²) in [6.07, 6.45) is 2.63. The largest absolute Gasteiger partial charge is 0.326 e. The van der Waals surface area contributed by atoms with Crippen LogP contribution < -0.4 is 10.7 Å². The molecule has 0 aliphatic rings. The van der Waals surface area contributed by atoms with E-state index in [1.807, 2.05) is 24.3 Å². The predicted octanol–water partition coefficient (Wildman–Crippen LogP) is 3.77. The number of hydrogen-bond donors (Lipinski definition) is 2. The summed E-state index contributed by atoms with van der Waals surface area (Å²) >= 11 is 5.79. The number of benzene rings is 2. The molecule has 130 valence electrons. The Bertz CT molecular complexity index is 740. The van der Waals surface area contributed by atoms with E-state index in [9.17, 15) is 9.59 Å². The van der Waals surface area contributed by atoms with Crippen LogP contribution in [-0.2, 0) is 16.0 Å². The van der Waals surface area contributed by atoms with E-state index in [1.165, 1.54) is 11.8 Å². The first kappa shape index (κ1) is 18.7. The minimum atomic E-state index is -0.318. The number of halogens is 1. The van der Waals surface area contributed by atoms with Gasteiger partial charge in [0.1, 0.15) is 0 Å². The quantitative estimate of drug-likeness (QED) is 0.585. The molecular formula is C19H20ClN3O2. The van der Waals surface area contributed by atoms with Crippen LogP contribution in [0.5, 0.6) is 0 Å². The number of hydrogen-bond acceptors (Lipinski definition) is 3. The van der Waals surface area contributed by atoms with E-state index in [1.54, 1.807) is 24.3 Å². The normalized spacial score (nSPS) is 10.6. The number of nitrogens with zero attached hydrogens (tertiary/aromatic N) is 1. The van der Waals surface area contributed by atoms with Crippen LogP contribution in [0.3, 0.4) is 0 Å². The number of carbonyl (C=O) groups excluding carboxylic acids is 2. The van der Waals surface area contributed by atoms with Crippen molar-refractivity contribution in [2.45, 2.75) is 26.2 Å². The summed E-state index contributed by atoms with van der Waals surface area (Å²) in [5.41, 5.74) is 5.15. The van der Waals surface area contributed by atoms with Gasteiger partial charge in [0, 0.05) is 23.6 Å². The molecule has 2 N–H and O–H groups in total. The SMILES string of the molecule is CCc1ccc(NC(=O)CCC(=O)NN=Cc2ccc(Cl)cc2)cc1. The first-order valence-electron chi connectivity index (χ1n) is 8.03. The molecule has 0 saturated heterocycles. The Hall–Kier alpha value is -2.66. The zero-order valence-electron chi connectivity index (χ0n) is 14.0. The lowest BCUT2D eigenvalue weighted by atomic mass is 10.1. The Morgan fingerprint density at radius 2 is 1.64 bits per heavy atom. The molecule has 6 heteroatoms. The zero-order chi connectivity index (χ0) is 18.1. The molecule has 0 heterocycles. The van der Waals surface area contributed by atoms with Gasteiger partial charge in [0.05, 0.1) is 6.21 Å². The summed E-state index contributed by atoms with van der Waals surface area (Å²) in [5.74, 6) is -0.525. The fourth-order valence-electron chi connectivity index (χ4n) is 2.06. The smallest absolute Gasteiger partial charge is 0.240 e. The number of carbonyl (C=O) groups is 2. The fraction of sp³-hybridized carbons (Fsp3) is 0.211. The number of rotatable bonds is 7. The number of hydrazone groups is 1. The maximum atomic E-state index is 11.9. The third kappa shape index (κ3) is 6.77. The molecule has 0 spiro atoms. The lowest BCUT2D eigenvalue weighted by Crippen LogP contribution is -2.20. The molecule has 0 radical (unpaired) electrons. The van der Waals surface area contributed by atoms with Crippen molar-refractivity contribution >= 4 is 35.3 Å². The van der Waals surface area contributed by atoms with E-state index < -0.39 is 0 Å². The summed E-state index contributed by atoms with van der Waals surface area (Å²) < 4.78 is 0. The third-order valence-electron chi connectivity index (χ3n) is 3.50. The summed E-state index contributed by atoms with van der Waals surface area (Å²) in [6.45, 7) is 2.07. The van der Waals surface area contributed by atoms with Gasteiger partial charge in [-0.15, -0.1) is 0 Å². The molecule has 0 aliphatic carbocycles. The first-order chi connectivity index (χ1) is 12.1. The van der Waals surface area contributed by atoms with Crippen molar-refractivity contribution in [2.24, 2.45) is 5.10 Å². The fourth-order valence-corrected chi connectivity index (χ4v) is 2.18. The average Bonchev–Trinajstić information content (AvgIpc) is 2.62. The zero-order valence-corrected chi connectivity index (χ0v) is 14.7. The van der Waals surface area contributed by atoms with E-state index in [2.05, 4.69) is 22.8 Å². The molecule has 0 atom stereocenters. The van der Waals surface area contributed by atoms with E-state index in [-0.39, 0.29) is 24.7 Å². The Morgan fingerprint density at radius 3 is 2.28 bits per heavy atom. The van der Waals surface area contributed by atoms with Crippen LogP contribution in [0.4, 0.5) is 5.69 Å². The van der Waals surface area contributed by atoms with E-state index >= 15 is 0 Å².